The van der Waals surface area contributed by atoms with Gasteiger partial charge in [0.15, 0.2) is 0 Å². The van der Waals surface area contributed by atoms with Crippen LogP contribution in [0.2, 0.25) is 0 Å². The fourth-order valence-electron chi connectivity index (χ4n) is 3.61. The number of hydrogen-bond acceptors (Lipinski definition) is 9. The number of nitrogens with zero attached hydrogens (tertiary/aromatic N) is 1. The molecule has 0 saturated heterocycles. The second-order valence-corrected chi connectivity index (χ2v) is 10.6. The van der Waals surface area contributed by atoms with Crippen LogP contribution in [-0.4, -0.2) is 84.3 Å². The van der Waals surface area contributed by atoms with E-state index in [2.05, 4.69) is 16.0 Å². The topological polar surface area (TPSA) is 177 Å². The minimum atomic E-state index is -1.19. The molecule has 13 heteroatoms. The average Bonchev–Trinajstić information content (AvgIpc) is 3.20. The van der Waals surface area contributed by atoms with Crippen LogP contribution in [0.15, 0.2) is 12.2 Å². The fraction of sp³-hybridized carbons (Fsp3) is 0.679. The van der Waals surface area contributed by atoms with Crippen molar-refractivity contribution in [2.75, 3.05) is 26.2 Å². The number of rotatable bonds is 19. The quantitative estimate of drug-likeness (QED) is 0.114. The first kappa shape index (κ1) is 35.3. The third-order valence-electron chi connectivity index (χ3n) is 5.65. The van der Waals surface area contributed by atoms with Gasteiger partial charge < -0.3 is 25.4 Å². The second kappa shape index (κ2) is 18.6. The molecule has 0 spiro atoms. The number of amides is 5. The molecule has 0 radical (unpaired) electrons. The Kier molecular flexibility index (Phi) is 16.0. The third-order valence-corrected chi connectivity index (χ3v) is 5.65. The highest BCUT2D eigenvalue weighted by atomic mass is 16.6. The maximum absolute atomic E-state index is 12.8. The van der Waals surface area contributed by atoms with Gasteiger partial charge in [0.25, 0.3) is 11.8 Å². The van der Waals surface area contributed by atoms with Crippen LogP contribution >= 0.6 is 0 Å². The van der Waals surface area contributed by atoms with Crippen LogP contribution in [0.3, 0.4) is 0 Å². The summed E-state index contributed by atoms with van der Waals surface area (Å²) in [6.07, 6.45) is 4.62. The van der Waals surface area contributed by atoms with Gasteiger partial charge in [-0.2, -0.15) is 0 Å². The van der Waals surface area contributed by atoms with Gasteiger partial charge in [0, 0.05) is 51.0 Å². The lowest BCUT2D eigenvalue weighted by atomic mass is 10.1. The smallest absolute Gasteiger partial charge is 0.306 e. The Labute approximate surface area is 241 Å². The summed E-state index contributed by atoms with van der Waals surface area (Å²) in [5.41, 5.74) is -0.621. The zero-order valence-electron chi connectivity index (χ0n) is 24.5. The van der Waals surface area contributed by atoms with Gasteiger partial charge in [0.1, 0.15) is 11.6 Å². The molecule has 230 valence electrons. The van der Waals surface area contributed by atoms with Gasteiger partial charge >= 0.3 is 11.9 Å². The van der Waals surface area contributed by atoms with E-state index < -0.39 is 47.1 Å². The van der Waals surface area contributed by atoms with E-state index in [1.165, 1.54) is 0 Å². The molecule has 0 aromatic carbocycles. The number of unbranched alkanes of at least 4 members (excludes halogenated alkanes) is 1. The molecule has 0 aromatic rings. The number of carbonyl (C=O) groups excluding carboxylic acids is 7. The summed E-state index contributed by atoms with van der Waals surface area (Å²) in [4.78, 5) is 85.7. The van der Waals surface area contributed by atoms with Crippen molar-refractivity contribution in [1.29, 1.82) is 0 Å². The van der Waals surface area contributed by atoms with Crippen molar-refractivity contribution < 1.29 is 43.0 Å². The summed E-state index contributed by atoms with van der Waals surface area (Å²) < 4.78 is 10.3. The molecule has 0 fully saturated rings. The molecule has 0 bridgehead atoms. The molecule has 1 atom stereocenters. The van der Waals surface area contributed by atoms with Crippen molar-refractivity contribution >= 4 is 41.5 Å². The van der Waals surface area contributed by atoms with E-state index in [0.717, 1.165) is 29.9 Å². The molecule has 41 heavy (non-hydrogen) atoms. The lowest BCUT2D eigenvalue weighted by molar-refractivity contribution is -0.155. The molecule has 0 saturated carbocycles. The van der Waals surface area contributed by atoms with Crippen LogP contribution in [0.4, 0.5) is 0 Å². The van der Waals surface area contributed by atoms with Gasteiger partial charge in [-0.3, -0.25) is 38.5 Å². The first-order valence-electron chi connectivity index (χ1n) is 14.1. The molecule has 3 N–H and O–H groups in total. The van der Waals surface area contributed by atoms with Gasteiger partial charge in [-0.05, 0) is 46.5 Å². The molecule has 1 aliphatic rings. The summed E-state index contributed by atoms with van der Waals surface area (Å²) in [5, 5.41) is 7.78. The van der Waals surface area contributed by atoms with E-state index in [-0.39, 0.29) is 57.7 Å². The Bertz CT molecular complexity index is 954. The fourth-order valence-corrected chi connectivity index (χ4v) is 3.61. The number of esters is 2. The average molecular weight is 581 g/mol. The second-order valence-electron chi connectivity index (χ2n) is 10.6. The molecule has 13 nitrogen and oxygen atoms in total. The van der Waals surface area contributed by atoms with Gasteiger partial charge in [0.05, 0.1) is 13.0 Å². The molecular weight excluding hydrogens is 536 g/mol. The standard InChI is InChI=1S/C28H44N4O9/c1-5-6-18-40-25(37)11-7-15-29-22(34)19-20(27(39)30-16-8-12-26(38)41-28(2,3)4)31-21(33)10-9-17-32-23(35)13-14-24(32)36/h13-14,20H,5-12,15-19H2,1-4H3,(H,29,34)(H,30,39)(H,31,33)/t20-/m0/s1. The van der Waals surface area contributed by atoms with E-state index in [1.807, 2.05) is 6.92 Å². The van der Waals surface area contributed by atoms with Crippen LogP contribution in [0.5, 0.6) is 0 Å². The normalized spacial score (nSPS) is 13.5. The Morgan fingerprint density at radius 2 is 1.44 bits per heavy atom. The zero-order valence-corrected chi connectivity index (χ0v) is 24.5. The van der Waals surface area contributed by atoms with E-state index in [4.69, 9.17) is 9.47 Å². The molecule has 1 rings (SSSR count). The molecule has 1 aliphatic heterocycles. The monoisotopic (exact) mass is 580 g/mol. The first-order valence-corrected chi connectivity index (χ1v) is 14.1. The van der Waals surface area contributed by atoms with Crippen molar-refractivity contribution in [3.63, 3.8) is 0 Å². The van der Waals surface area contributed by atoms with Crippen LogP contribution in [0, 0.1) is 0 Å². The minimum Gasteiger partial charge on any atom is -0.466 e. The Balaban J connectivity index is 2.57. The maximum Gasteiger partial charge on any atom is 0.306 e. The molecule has 0 aromatic heterocycles. The summed E-state index contributed by atoms with van der Waals surface area (Å²) >= 11 is 0. The number of hydrogen-bond donors (Lipinski definition) is 3. The molecular formula is C28H44N4O9. The SMILES string of the molecule is CCCCOC(=O)CCCNC(=O)C[C@H](NC(=O)CCCN1C(=O)C=CC1=O)C(=O)NCCCC(=O)OC(C)(C)C. The maximum atomic E-state index is 12.8. The van der Waals surface area contributed by atoms with Crippen molar-refractivity contribution in [3.8, 4) is 0 Å². The van der Waals surface area contributed by atoms with E-state index >= 15 is 0 Å². The summed E-state index contributed by atoms with van der Waals surface area (Å²) in [5.74, 6) is -3.31. The largest absolute Gasteiger partial charge is 0.466 e. The minimum absolute atomic E-state index is 0.0426. The third kappa shape index (κ3) is 16.2. The van der Waals surface area contributed by atoms with Crippen molar-refractivity contribution in [2.24, 2.45) is 0 Å². The Morgan fingerprint density at radius 1 is 0.829 bits per heavy atom. The highest BCUT2D eigenvalue weighted by Crippen LogP contribution is 2.09. The van der Waals surface area contributed by atoms with Gasteiger partial charge in [-0.25, -0.2) is 0 Å². The predicted molar refractivity (Wildman–Crippen MR) is 148 cm³/mol. The van der Waals surface area contributed by atoms with Gasteiger partial charge in [0.2, 0.25) is 17.7 Å². The lowest BCUT2D eigenvalue weighted by Gasteiger charge is -2.20. The van der Waals surface area contributed by atoms with Gasteiger partial charge in [-0.15, -0.1) is 0 Å². The van der Waals surface area contributed by atoms with Crippen molar-refractivity contribution in [1.82, 2.24) is 20.9 Å². The predicted octanol–water partition coefficient (Wildman–Crippen LogP) is 1.04. The van der Waals surface area contributed by atoms with Crippen molar-refractivity contribution in [3.05, 3.63) is 12.2 Å². The molecule has 5 amide bonds. The number of nitrogens with one attached hydrogen (secondary N) is 3. The van der Waals surface area contributed by atoms with E-state index in [0.29, 0.717) is 19.4 Å². The van der Waals surface area contributed by atoms with Crippen molar-refractivity contribution in [2.45, 2.75) is 97.1 Å². The zero-order chi connectivity index (χ0) is 30.8. The summed E-state index contributed by atoms with van der Waals surface area (Å²) in [6.45, 7) is 7.95. The van der Waals surface area contributed by atoms with E-state index in [9.17, 15) is 33.6 Å². The Hall–Kier alpha value is -3.77. The highest BCUT2D eigenvalue weighted by molar-refractivity contribution is 6.12. The number of ether oxygens (including phenoxy) is 2. The molecule has 0 aliphatic carbocycles. The number of imide groups is 1. The highest BCUT2D eigenvalue weighted by Gasteiger charge is 2.26. The first-order chi connectivity index (χ1) is 19.3. The number of carbonyl (C=O) groups is 7. The van der Waals surface area contributed by atoms with Crippen LogP contribution in [0.25, 0.3) is 0 Å². The Morgan fingerprint density at radius 3 is 2.05 bits per heavy atom. The van der Waals surface area contributed by atoms with Crippen LogP contribution in [0.1, 0.15) is 85.5 Å². The molecule has 1 heterocycles. The summed E-state index contributed by atoms with van der Waals surface area (Å²) in [6, 6.07) is -1.19. The van der Waals surface area contributed by atoms with E-state index in [1.54, 1.807) is 20.8 Å². The molecule has 0 unspecified atom stereocenters. The van der Waals surface area contributed by atoms with Crippen LogP contribution < -0.4 is 16.0 Å². The summed E-state index contributed by atoms with van der Waals surface area (Å²) in [7, 11) is 0. The lowest BCUT2D eigenvalue weighted by Crippen LogP contribution is -2.49. The van der Waals surface area contributed by atoms with Gasteiger partial charge in [-0.1, -0.05) is 13.3 Å². The van der Waals surface area contributed by atoms with Crippen LogP contribution in [-0.2, 0) is 43.0 Å².